The molecule has 120 valence electrons. The summed E-state index contributed by atoms with van der Waals surface area (Å²) in [5, 5.41) is 5.98. The molecular weight excluding hydrogens is 282 g/mol. The predicted molar refractivity (Wildman–Crippen MR) is 85.2 cm³/mol. The third-order valence-corrected chi connectivity index (χ3v) is 3.71. The fourth-order valence-electron chi connectivity index (χ4n) is 2.64. The third-order valence-electron chi connectivity index (χ3n) is 3.71. The lowest BCUT2D eigenvalue weighted by atomic mass is 9.94. The van der Waals surface area contributed by atoms with Gasteiger partial charge >= 0.3 is 0 Å². The van der Waals surface area contributed by atoms with Crippen molar-refractivity contribution in [2.75, 3.05) is 19.6 Å². The quantitative estimate of drug-likeness (QED) is 0.588. The van der Waals surface area contributed by atoms with Gasteiger partial charge in [-0.15, -0.1) is 0 Å². The van der Waals surface area contributed by atoms with Crippen LogP contribution in [0.4, 0.5) is 0 Å². The Labute approximate surface area is 129 Å². The number of nitrogens with one attached hydrogen (secondary N) is 3. The number of carbonyl (C=O) groups excluding carboxylic acids is 1. The predicted octanol–water partition coefficient (Wildman–Crippen LogP) is 0.0627. The van der Waals surface area contributed by atoms with Crippen LogP contribution in [0.3, 0.4) is 0 Å². The van der Waals surface area contributed by atoms with Crippen molar-refractivity contribution in [3.63, 3.8) is 0 Å². The Hall–Kier alpha value is -2.15. The van der Waals surface area contributed by atoms with Crippen LogP contribution < -0.4 is 21.9 Å². The van der Waals surface area contributed by atoms with Gasteiger partial charge in [0.1, 0.15) is 11.4 Å². The van der Waals surface area contributed by atoms with Gasteiger partial charge in [-0.1, -0.05) is 0 Å². The van der Waals surface area contributed by atoms with Gasteiger partial charge in [-0.2, -0.15) is 0 Å². The normalized spacial score (nSPS) is 17.0. The number of hydrogen-bond acceptors (Lipinski definition) is 5. The molecule has 0 atom stereocenters. The van der Waals surface area contributed by atoms with Crippen molar-refractivity contribution in [1.29, 1.82) is 0 Å². The molecule has 1 aromatic rings. The highest BCUT2D eigenvalue weighted by atomic mass is 16.2. The van der Waals surface area contributed by atoms with Crippen molar-refractivity contribution in [3.8, 4) is 0 Å². The Morgan fingerprint density at radius 2 is 2.14 bits per heavy atom. The molecular formula is C15H23N5O2. The molecule has 0 aliphatic carbocycles. The molecule has 7 heteroatoms. The second-order valence-electron chi connectivity index (χ2n) is 5.46. The van der Waals surface area contributed by atoms with Crippen molar-refractivity contribution in [1.82, 2.24) is 20.6 Å². The molecule has 0 bridgehead atoms. The van der Waals surface area contributed by atoms with E-state index >= 15 is 0 Å². The minimum absolute atomic E-state index is 0.231. The summed E-state index contributed by atoms with van der Waals surface area (Å²) >= 11 is 0. The third kappa shape index (κ3) is 3.73. The van der Waals surface area contributed by atoms with Gasteiger partial charge in [0.25, 0.3) is 11.5 Å². The lowest BCUT2D eigenvalue weighted by molar-refractivity contribution is -0.115. The summed E-state index contributed by atoms with van der Waals surface area (Å²) in [4.78, 5) is 31.2. The van der Waals surface area contributed by atoms with E-state index in [9.17, 15) is 9.59 Å². The zero-order chi connectivity index (χ0) is 16.1. The summed E-state index contributed by atoms with van der Waals surface area (Å²) in [5.74, 6) is 0.149. The van der Waals surface area contributed by atoms with Crippen LogP contribution in [0.1, 0.15) is 44.1 Å². The monoisotopic (exact) mass is 305 g/mol. The molecule has 2 rings (SSSR count). The lowest BCUT2D eigenvalue weighted by Gasteiger charge is -2.22. The van der Waals surface area contributed by atoms with Gasteiger partial charge in [-0.25, -0.2) is 4.98 Å². The summed E-state index contributed by atoms with van der Waals surface area (Å²) in [6, 6.07) is 1.51. The van der Waals surface area contributed by atoms with Crippen LogP contribution in [-0.4, -0.2) is 35.5 Å². The van der Waals surface area contributed by atoms with Gasteiger partial charge in [0.05, 0.1) is 5.69 Å². The fraction of sp³-hybridized carbons (Fsp3) is 0.533. The van der Waals surface area contributed by atoms with E-state index in [1.807, 2.05) is 6.92 Å². The van der Waals surface area contributed by atoms with Gasteiger partial charge in [-0.3, -0.25) is 9.59 Å². The highest BCUT2D eigenvalue weighted by Gasteiger charge is 2.21. The zero-order valence-electron chi connectivity index (χ0n) is 13.0. The smallest absolute Gasteiger partial charge is 0.256 e. The van der Waals surface area contributed by atoms with Crippen LogP contribution in [0.25, 0.3) is 5.57 Å². The van der Waals surface area contributed by atoms with E-state index in [0.29, 0.717) is 12.2 Å². The number of aromatic nitrogens is 2. The summed E-state index contributed by atoms with van der Waals surface area (Å²) in [5.41, 5.74) is 6.85. The Morgan fingerprint density at radius 1 is 1.45 bits per heavy atom. The molecule has 0 radical (unpaired) electrons. The van der Waals surface area contributed by atoms with Gasteiger partial charge < -0.3 is 21.4 Å². The molecule has 1 fully saturated rings. The molecule has 1 amide bonds. The average Bonchev–Trinajstić information content (AvgIpc) is 2.47. The first-order chi connectivity index (χ1) is 10.5. The molecule has 0 spiro atoms. The van der Waals surface area contributed by atoms with Crippen molar-refractivity contribution in [3.05, 3.63) is 33.6 Å². The van der Waals surface area contributed by atoms with Crippen LogP contribution in [-0.2, 0) is 4.79 Å². The van der Waals surface area contributed by atoms with E-state index in [0.717, 1.165) is 31.6 Å². The molecule has 0 unspecified atom stereocenters. The molecule has 0 aromatic carbocycles. The lowest BCUT2D eigenvalue weighted by Crippen LogP contribution is -2.30. The van der Waals surface area contributed by atoms with E-state index in [1.165, 1.54) is 6.07 Å². The highest BCUT2D eigenvalue weighted by Crippen LogP contribution is 2.23. The first-order valence-electron chi connectivity index (χ1n) is 7.59. The van der Waals surface area contributed by atoms with Gasteiger partial charge in [0.15, 0.2) is 0 Å². The van der Waals surface area contributed by atoms with Gasteiger partial charge in [0, 0.05) is 24.2 Å². The van der Waals surface area contributed by atoms with E-state index in [2.05, 4.69) is 20.6 Å². The van der Waals surface area contributed by atoms with E-state index in [1.54, 1.807) is 6.92 Å². The van der Waals surface area contributed by atoms with Crippen LogP contribution in [0, 0.1) is 0 Å². The van der Waals surface area contributed by atoms with Gasteiger partial charge in [0.2, 0.25) is 0 Å². The van der Waals surface area contributed by atoms with Crippen molar-refractivity contribution in [2.45, 2.75) is 32.6 Å². The minimum Gasteiger partial charge on any atom is -0.402 e. The maximum absolute atomic E-state index is 12.2. The Balaban J connectivity index is 2.41. The Kier molecular flexibility index (Phi) is 5.32. The largest absolute Gasteiger partial charge is 0.402 e. The Morgan fingerprint density at radius 3 is 2.73 bits per heavy atom. The Bertz CT molecular complexity index is 625. The molecule has 2 heterocycles. The van der Waals surface area contributed by atoms with Crippen LogP contribution in [0.2, 0.25) is 0 Å². The maximum atomic E-state index is 12.2. The summed E-state index contributed by atoms with van der Waals surface area (Å²) in [7, 11) is 0. The summed E-state index contributed by atoms with van der Waals surface area (Å²) < 4.78 is 0. The molecule has 1 aromatic heterocycles. The number of nitrogens with zero attached hydrogens (tertiary/aromatic N) is 1. The number of carbonyl (C=O) groups is 1. The number of likely N-dealkylation sites (N-methyl/N-ethyl adjacent to an activating group) is 1. The van der Waals surface area contributed by atoms with E-state index < -0.39 is 0 Å². The molecule has 0 saturated carbocycles. The molecule has 1 saturated heterocycles. The van der Waals surface area contributed by atoms with Crippen molar-refractivity contribution < 1.29 is 4.79 Å². The molecule has 5 N–H and O–H groups in total. The SMILES string of the molecule is CCNC(=O)C(=C(C)N)c1nc(C2CCNCC2)cc(=O)[nH]1. The van der Waals surface area contributed by atoms with E-state index in [-0.39, 0.29) is 28.8 Å². The van der Waals surface area contributed by atoms with Crippen molar-refractivity contribution in [2.24, 2.45) is 5.73 Å². The molecule has 7 nitrogen and oxygen atoms in total. The second-order valence-corrected chi connectivity index (χ2v) is 5.46. The first kappa shape index (κ1) is 16.2. The van der Waals surface area contributed by atoms with Crippen molar-refractivity contribution >= 4 is 11.5 Å². The standard InChI is InChI=1S/C15H23N5O2/c1-3-18-15(22)13(9(2)16)14-19-11(8-12(21)20-14)10-4-6-17-7-5-10/h8,10,17H,3-7,16H2,1-2H3,(H,18,22)(H,19,20,21). The highest BCUT2D eigenvalue weighted by molar-refractivity contribution is 6.19. The maximum Gasteiger partial charge on any atom is 0.256 e. The fourth-order valence-corrected chi connectivity index (χ4v) is 2.64. The van der Waals surface area contributed by atoms with Crippen LogP contribution >= 0.6 is 0 Å². The zero-order valence-corrected chi connectivity index (χ0v) is 13.0. The topological polar surface area (TPSA) is 113 Å². The van der Waals surface area contributed by atoms with Gasteiger partial charge in [-0.05, 0) is 39.8 Å². The number of piperidine rings is 1. The molecule has 1 aliphatic rings. The first-order valence-corrected chi connectivity index (χ1v) is 7.59. The number of rotatable bonds is 4. The summed E-state index contributed by atoms with van der Waals surface area (Å²) in [6.07, 6.45) is 1.86. The molecule has 22 heavy (non-hydrogen) atoms. The molecule has 1 aliphatic heterocycles. The minimum atomic E-state index is -0.326. The van der Waals surface area contributed by atoms with Crippen LogP contribution in [0.15, 0.2) is 16.6 Å². The van der Waals surface area contributed by atoms with Crippen LogP contribution in [0.5, 0.6) is 0 Å². The number of amides is 1. The number of allylic oxidation sites excluding steroid dienone is 1. The van der Waals surface area contributed by atoms with E-state index in [4.69, 9.17) is 5.73 Å². The number of hydrogen-bond donors (Lipinski definition) is 4. The number of H-pyrrole nitrogens is 1. The number of nitrogens with two attached hydrogens (primary N) is 1. The second kappa shape index (κ2) is 7.22. The summed E-state index contributed by atoms with van der Waals surface area (Å²) in [6.45, 7) is 5.74. The average molecular weight is 305 g/mol. The number of aromatic amines is 1.